The maximum atomic E-state index is 12.1. The molecule has 0 spiro atoms. The number of benzene rings is 1. The minimum Gasteiger partial charge on any atom is -0.350 e. The van der Waals surface area contributed by atoms with Crippen molar-refractivity contribution in [2.24, 2.45) is 5.14 Å². The van der Waals surface area contributed by atoms with Crippen molar-refractivity contribution in [3.63, 3.8) is 0 Å². The van der Waals surface area contributed by atoms with E-state index in [-0.39, 0.29) is 28.1 Å². The first-order valence-corrected chi connectivity index (χ1v) is 9.68. The fraction of sp³-hybridized carbons (Fsp3) is 0.333. The average molecular weight is 369 g/mol. The fourth-order valence-electron chi connectivity index (χ4n) is 2.25. The van der Waals surface area contributed by atoms with Gasteiger partial charge in [0.05, 0.1) is 10.9 Å². The molecule has 0 bridgehead atoms. The number of primary sulfonamides is 1. The molecular weight excluding hydrogens is 350 g/mol. The number of rotatable bonds is 6. The number of carbonyl (C=O) groups is 1. The number of carbonyl (C=O) groups excluding carboxylic acids is 1. The molecule has 1 aromatic heterocycles. The van der Waals surface area contributed by atoms with Crippen molar-refractivity contribution in [3.05, 3.63) is 50.6 Å². The first-order valence-electron chi connectivity index (χ1n) is 7.25. The topological polar surface area (TPSA) is 111 Å². The third kappa shape index (κ3) is 4.53. The summed E-state index contributed by atoms with van der Waals surface area (Å²) in [6.07, 6.45) is 0.163. The zero-order valence-electron chi connectivity index (χ0n) is 13.4. The van der Waals surface area contributed by atoms with Gasteiger partial charge in [-0.25, -0.2) is 13.6 Å². The number of aromatic nitrogens is 1. The van der Waals surface area contributed by atoms with Crippen molar-refractivity contribution >= 4 is 27.3 Å². The molecule has 0 aliphatic heterocycles. The summed E-state index contributed by atoms with van der Waals surface area (Å²) in [7, 11) is -3.79. The lowest BCUT2D eigenvalue weighted by Gasteiger charge is -2.15. The van der Waals surface area contributed by atoms with E-state index in [1.165, 1.54) is 12.1 Å². The van der Waals surface area contributed by atoms with Crippen LogP contribution in [0.15, 0.2) is 39.3 Å². The molecule has 0 saturated carbocycles. The predicted molar refractivity (Wildman–Crippen MR) is 92.3 cm³/mol. The molecule has 1 heterocycles. The molecule has 1 amide bonds. The molecule has 0 radical (unpaired) electrons. The lowest BCUT2D eigenvalue weighted by molar-refractivity contribution is -0.121. The molecule has 0 unspecified atom stereocenters. The summed E-state index contributed by atoms with van der Waals surface area (Å²) in [5.41, 5.74) is 1.46. The average Bonchev–Trinajstić information content (AvgIpc) is 2.83. The van der Waals surface area contributed by atoms with Crippen molar-refractivity contribution in [2.75, 3.05) is 0 Å². The smallest absolute Gasteiger partial charge is 0.307 e. The monoisotopic (exact) mass is 369 g/mol. The third-order valence-electron chi connectivity index (χ3n) is 3.60. The maximum absolute atomic E-state index is 12.1. The van der Waals surface area contributed by atoms with Crippen LogP contribution in [0.5, 0.6) is 0 Å². The van der Waals surface area contributed by atoms with E-state index in [1.54, 1.807) is 29.0 Å². The highest BCUT2D eigenvalue weighted by atomic mass is 32.2. The highest BCUT2D eigenvalue weighted by molar-refractivity contribution is 7.89. The summed E-state index contributed by atoms with van der Waals surface area (Å²) >= 11 is 1.10. The van der Waals surface area contributed by atoms with Crippen LogP contribution in [0.4, 0.5) is 0 Å². The van der Waals surface area contributed by atoms with Gasteiger partial charge in [-0.05, 0) is 31.5 Å². The zero-order chi connectivity index (χ0) is 17.9. The Morgan fingerprint density at radius 3 is 2.71 bits per heavy atom. The number of nitrogens with one attached hydrogen (secondary N) is 1. The zero-order valence-corrected chi connectivity index (χ0v) is 15.0. The molecule has 1 atom stereocenters. The van der Waals surface area contributed by atoms with Gasteiger partial charge in [-0.1, -0.05) is 23.5 Å². The standard InChI is InChI=1S/C15H19N3O4S2/c1-10-9-23-15(20)18(10)7-6-14(19)17-11(2)12-4-3-5-13(8-12)24(16,21)22/h3-5,8-9,11H,6-7H2,1-2H3,(H,17,19)(H2,16,21,22)/t11-/m1/s1. The Balaban J connectivity index is 2.00. The van der Waals surface area contributed by atoms with E-state index < -0.39 is 10.0 Å². The summed E-state index contributed by atoms with van der Waals surface area (Å²) in [6.45, 7) is 3.88. The highest BCUT2D eigenvalue weighted by Gasteiger charge is 2.14. The van der Waals surface area contributed by atoms with Crippen LogP contribution < -0.4 is 15.3 Å². The Morgan fingerprint density at radius 2 is 2.12 bits per heavy atom. The molecule has 9 heteroatoms. The molecule has 1 aromatic carbocycles. The van der Waals surface area contributed by atoms with Crippen LogP contribution in [0, 0.1) is 6.92 Å². The molecule has 0 aliphatic rings. The molecule has 0 fully saturated rings. The van der Waals surface area contributed by atoms with Crippen LogP contribution in [0.1, 0.15) is 30.6 Å². The van der Waals surface area contributed by atoms with E-state index in [2.05, 4.69) is 5.32 Å². The van der Waals surface area contributed by atoms with Crippen molar-refractivity contribution < 1.29 is 13.2 Å². The second-order valence-electron chi connectivity index (χ2n) is 5.45. The van der Waals surface area contributed by atoms with Gasteiger partial charge in [0.15, 0.2) is 0 Å². The molecule has 2 aromatic rings. The van der Waals surface area contributed by atoms with Gasteiger partial charge in [-0.15, -0.1) is 0 Å². The number of nitrogens with two attached hydrogens (primary N) is 1. The third-order valence-corrected chi connectivity index (χ3v) is 5.40. The summed E-state index contributed by atoms with van der Waals surface area (Å²) in [6, 6.07) is 5.76. The van der Waals surface area contributed by atoms with Gasteiger partial charge in [0, 0.05) is 24.0 Å². The summed E-state index contributed by atoms with van der Waals surface area (Å²) in [5, 5.41) is 9.65. The van der Waals surface area contributed by atoms with E-state index in [4.69, 9.17) is 5.14 Å². The molecule has 24 heavy (non-hydrogen) atoms. The molecule has 130 valence electrons. The van der Waals surface area contributed by atoms with Crippen LogP contribution >= 0.6 is 11.3 Å². The quantitative estimate of drug-likeness (QED) is 0.795. The van der Waals surface area contributed by atoms with Gasteiger partial charge in [0.2, 0.25) is 15.9 Å². The Kier molecular flexibility index (Phi) is 5.58. The lowest BCUT2D eigenvalue weighted by Crippen LogP contribution is -2.29. The summed E-state index contributed by atoms with van der Waals surface area (Å²) < 4.78 is 24.3. The van der Waals surface area contributed by atoms with Gasteiger partial charge in [0.25, 0.3) is 0 Å². The van der Waals surface area contributed by atoms with E-state index in [0.717, 1.165) is 17.0 Å². The van der Waals surface area contributed by atoms with Gasteiger partial charge >= 0.3 is 4.87 Å². The largest absolute Gasteiger partial charge is 0.350 e. The second-order valence-corrected chi connectivity index (χ2v) is 7.83. The van der Waals surface area contributed by atoms with Crippen molar-refractivity contribution in [1.82, 2.24) is 9.88 Å². The van der Waals surface area contributed by atoms with Crippen LogP contribution in [0.3, 0.4) is 0 Å². The number of nitrogens with zero attached hydrogens (tertiary/aromatic N) is 1. The fourth-order valence-corrected chi connectivity index (χ4v) is 3.58. The van der Waals surface area contributed by atoms with Gasteiger partial charge in [-0.3, -0.25) is 9.59 Å². The molecule has 0 saturated heterocycles. The van der Waals surface area contributed by atoms with Gasteiger partial charge in [-0.2, -0.15) is 0 Å². The Morgan fingerprint density at radius 1 is 1.42 bits per heavy atom. The van der Waals surface area contributed by atoms with E-state index in [1.807, 2.05) is 6.92 Å². The number of hydrogen-bond donors (Lipinski definition) is 2. The van der Waals surface area contributed by atoms with Gasteiger partial charge in [0.1, 0.15) is 0 Å². The Bertz CT molecular complexity index is 899. The predicted octanol–water partition coefficient (Wildman–Crippen LogP) is 1.13. The highest BCUT2D eigenvalue weighted by Crippen LogP contribution is 2.16. The minimum absolute atomic E-state index is 0.00143. The maximum Gasteiger partial charge on any atom is 0.307 e. The van der Waals surface area contributed by atoms with E-state index in [9.17, 15) is 18.0 Å². The number of sulfonamides is 1. The molecule has 7 nitrogen and oxygen atoms in total. The van der Waals surface area contributed by atoms with Crippen molar-refractivity contribution in [3.8, 4) is 0 Å². The number of aryl methyl sites for hydroxylation is 1. The number of amides is 1. The lowest BCUT2D eigenvalue weighted by atomic mass is 10.1. The Labute approximate surface area is 144 Å². The van der Waals surface area contributed by atoms with Crippen LogP contribution in [0.25, 0.3) is 0 Å². The molecular formula is C15H19N3O4S2. The number of thiazole rings is 1. The number of hydrogen-bond acceptors (Lipinski definition) is 5. The summed E-state index contributed by atoms with van der Waals surface area (Å²) in [5.74, 6) is -0.221. The first-order chi connectivity index (χ1) is 11.2. The van der Waals surface area contributed by atoms with Gasteiger partial charge < -0.3 is 9.88 Å². The normalized spacial score (nSPS) is 12.8. The van der Waals surface area contributed by atoms with Crippen LogP contribution in [-0.2, 0) is 21.4 Å². The van der Waals surface area contributed by atoms with Crippen LogP contribution in [0.2, 0.25) is 0 Å². The summed E-state index contributed by atoms with van der Waals surface area (Å²) in [4.78, 5) is 23.6. The first kappa shape index (κ1) is 18.4. The minimum atomic E-state index is -3.79. The Hall–Kier alpha value is -1.97. The van der Waals surface area contributed by atoms with E-state index in [0.29, 0.717) is 12.1 Å². The molecule has 3 N–H and O–H groups in total. The second kappa shape index (κ2) is 7.29. The molecule has 0 aliphatic carbocycles. The molecule has 2 rings (SSSR count). The van der Waals surface area contributed by atoms with E-state index >= 15 is 0 Å². The van der Waals surface area contributed by atoms with Crippen LogP contribution in [-0.4, -0.2) is 18.9 Å². The SMILES string of the molecule is Cc1csc(=O)n1CCC(=O)N[C@H](C)c1cccc(S(N)(=O)=O)c1. The van der Waals surface area contributed by atoms with Crippen molar-refractivity contribution in [1.29, 1.82) is 0 Å². The van der Waals surface area contributed by atoms with Crippen molar-refractivity contribution in [2.45, 2.75) is 37.8 Å².